The molecule has 4 heteroatoms. The molecule has 0 aliphatic heterocycles. The first-order valence-electron chi connectivity index (χ1n) is 4.61. The van der Waals surface area contributed by atoms with E-state index in [0.29, 0.717) is 18.3 Å². The molecule has 78 valence electrons. The lowest BCUT2D eigenvalue weighted by molar-refractivity contribution is -0.144. The molecule has 1 atom stereocenters. The smallest absolute Gasteiger partial charge is 0.323 e. The second-order valence-electron chi connectivity index (χ2n) is 3.49. The summed E-state index contributed by atoms with van der Waals surface area (Å²) in [5.41, 5.74) is 5.41. The normalized spacial score (nSPS) is 13.0. The standard InChI is InChI=1S/C9H19NO2S/c1-7(2)4-3-5-12-9(11)8(10)6-13/h7-8,13H,3-6,10H2,1-2H3. The van der Waals surface area contributed by atoms with E-state index in [-0.39, 0.29) is 5.97 Å². The minimum Gasteiger partial charge on any atom is -0.465 e. The molecule has 0 saturated carbocycles. The van der Waals surface area contributed by atoms with Crippen molar-refractivity contribution in [3.05, 3.63) is 0 Å². The van der Waals surface area contributed by atoms with Crippen molar-refractivity contribution in [2.24, 2.45) is 11.7 Å². The van der Waals surface area contributed by atoms with Crippen molar-refractivity contribution in [2.45, 2.75) is 32.7 Å². The number of hydrogen-bond donors (Lipinski definition) is 2. The fourth-order valence-electron chi connectivity index (χ4n) is 0.846. The molecule has 0 bridgehead atoms. The Hall–Kier alpha value is -0.220. The summed E-state index contributed by atoms with van der Waals surface area (Å²) in [6.07, 6.45) is 1.98. The van der Waals surface area contributed by atoms with Crippen LogP contribution in [0.5, 0.6) is 0 Å². The van der Waals surface area contributed by atoms with Gasteiger partial charge in [-0.15, -0.1) is 0 Å². The topological polar surface area (TPSA) is 52.3 Å². The predicted octanol–water partition coefficient (Wildman–Crippen LogP) is 1.22. The fourth-order valence-corrected chi connectivity index (χ4v) is 0.995. The molecule has 0 spiro atoms. The Kier molecular flexibility index (Phi) is 7.09. The SMILES string of the molecule is CC(C)CCCOC(=O)C(N)CS. The second-order valence-corrected chi connectivity index (χ2v) is 3.86. The number of carbonyl (C=O) groups excluding carboxylic acids is 1. The molecule has 0 aliphatic rings. The maximum Gasteiger partial charge on any atom is 0.323 e. The quantitative estimate of drug-likeness (QED) is 0.389. The Morgan fingerprint density at radius 1 is 1.54 bits per heavy atom. The summed E-state index contributed by atoms with van der Waals surface area (Å²) in [5, 5.41) is 0. The lowest BCUT2D eigenvalue weighted by Crippen LogP contribution is -2.34. The number of ether oxygens (including phenoxy) is 1. The van der Waals surface area contributed by atoms with Crippen molar-refractivity contribution in [2.75, 3.05) is 12.4 Å². The first-order valence-corrected chi connectivity index (χ1v) is 5.24. The van der Waals surface area contributed by atoms with Crippen molar-refractivity contribution >= 4 is 18.6 Å². The van der Waals surface area contributed by atoms with E-state index in [2.05, 4.69) is 26.5 Å². The van der Waals surface area contributed by atoms with Crippen LogP contribution in [-0.4, -0.2) is 24.4 Å². The predicted molar refractivity (Wildman–Crippen MR) is 56.9 cm³/mol. The Bertz CT molecular complexity index is 151. The molecule has 0 aromatic carbocycles. The van der Waals surface area contributed by atoms with Gasteiger partial charge in [0.15, 0.2) is 0 Å². The van der Waals surface area contributed by atoms with Gasteiger partial charge < -0.3 is 10.5 Å². The van der Waals surface area contributed by atoms with Gasteiger partial charge in [-0.2, -0.15) is 12.6 Å². The number of esters is 1. The molecule has 1 unspecified atom stereocenters. The van der Waals surface area contributed by atoms with Gasteiger partial charge in [0, 0.05) is 5.75 Å². The number of thiol groups is 1. The van der Waals surface area contributed by atoms with Crippen LogP contribution in [-0.2, 0) is 9.53 Å². The Morgan fingerprint density at radius 3 is 2.62 bits per heavy atom. The average Bonchev–Trinajstić information content (AvgIpc) is 2.10. The van der Waals surface area contributed by atoms with E-state index in [4.69, 9.17) is 10.5 Å². The van der Waals surface area contributed by atoms with Gasteiger partial charge >= 0.3 is 5.97 Å². The number of rotatable bonds is 6. The number of hydrogen-bond acceptors (Lipinski definition) is 4. The summed E-state index contributed by atoms with van der Waals surface area (Å²) in [6.45, 7) is 4.75. The molecule has 0 saturated heterocycles. The van der Waals surface area contributed by atoms with Gasteiger partial charge in [0.2, 0.25) is 0 Å². The molecule has 13 heavy (non-hydrogen) atoms. The molecular formula is C9H19NO2S. The third-order valence-electron chi connectivity index (χ3n) is 1.67. The zero-order chi connectivity index (χ0) is 10.3. The van der Waals surface area contributed by atoms with E-state index in [1.807, 2.05) is 0 Å². The molecule has 0 aromatic heterocycles. The van der Waals surface area contributed by atoms with E-state index in [0.717, 1.165) is 12.8 Å². The van der Waals surface area contributed by atoms with E-state index in [1.54, 1.807) is 0 Å². The van der Waals surface area contributed by atoms with Gasteiger partial charge in [0.1, 0.15) is 6.04 Å². The fraction of sp³-hybridized carbons (Fsp3) is 0.889. The van der Waals surface area contributed by atoms with Crippen molar-refractivity contribution < 1.29 is 9.53 Å². The minimum atomic E-state index is -0.581. The Morgan fingerprint density at radius 2 is 2.15 bits per heavy atom. The van der Waals surface area contributed by atoms with Crippen LogP contribution < -0.4 is 5.73 Å². The van der Waals surface area contributed by atoms with Crippen LogP contribution in [0, 0.1) is 5.92 Å². The zero-order valence-electron chi connectivity index (χ0n) is 8.32. The van der Waals surface area contributed by atoms with Crippen molar-refractivity contribution in [1.82, 2.24) is 0 Å². The number of carbonyl (C=O) groups is 1. The number of nitrogens with two attached hydrogens (primary N) is 1. The first-order chi connectivity index (χ1) is 6.07. The minimum absolute atomic E-state index is 0.336. The molecule has 0 heterocycles. The average molecular weight is 205 g/mol. The van der Waals surface area contributed by atoms with Crippen molar-refractivity contribution in [3.63, 3.8) is 0 Å². The molecule has 0 radical (unpaired) electrons. The van der Waals surface area contributed by atoms with Crippen LogP contribution in [0.1, 0.15) is 26.7 Å². The highest BCUT2D eigenvalue weighted by Crippen LogP contribution is 2.03. The third-order valence-corrected chi connectivity index (χ3v) is 2.06. The van der Waals surface area contributed by atoms with E-state index in [1.165, 1.54) is 0 Å². The van der Waals surface area contributed by atoms with Crippen LogP contribution in [0.4, 0.5) is 0 Å². The monoisotopic (exact) mass is 205 g/mol. The van der Waals surface area contributed by atoms with Crippen LogP contribution in [0.25, 0.3) is 0 Å². The van der Waals surface area contributed by atoms with Crippen molar-refractivity contribution in [1.29, 1.82) is 0 Å². The van der Waals surface area contributed by atoms with Gasteiger partial charge in [0.05, 0.1) is 6.61 Å². The molecule has 0 amide bonds. The third kappa shape index (κ3) is 6.90. The van der Waals surface area contributed by atoms with E-state index in [9.17, 15) is 4.79 Å². The lowest BCUT2D eigenvalue weighted by atomic mass is 10.1. The molecule has 3 nitrogen and oxygen atoms in total. The Labute approximate surface area is 85.4 Å². The van der Waals surface area contributed by atoms with Gasteiger partial charge in [-0.1, -0.05) is 13.8 Å². The molecule has 0 rings (SSSR count). The zero-order valence-corrected chi connectivity index (χ0v) is 9.22. The van der Waals surface area contributed by atoms with Gasteiger partial charge in [-0.25, -0.2) is 0 Å². The largest absolute Gasteiger partial charge is 0.465 e. The highest BCUT2D eigenvalue weighted by Gasteiger charge is 2.12. The molecule has 0 fully saturated rings. The van der Waals surface area contributed by atoms with E-state index >= 15 is 0 Å². The second kappa shape index (κ2) is 7.21. The van der Waals surface area contributed by atoms with Gasteiger partial charge in [0.25, 0.3) is 0 Å². The van der Waals surface area contributed by atoms with Gasteiger partial charge in [-0.3, -0.25) is 4.79 Å². The summed E-state index contributed by atoms with van der Waals surface area (Å²) in [7, 11) is 0. The van der Waals surface area contributed by atoms with Crippen molar-refractivity contribution in [3.8, 4) is 0 Å². The van der Waals surface area contributed by atoms with Gasteiger partial charge in [-0.05, 0) is 18.8 Å². The van der Waals surface area contributed by atoms with Crippen LogP contribution >= 0.6 is 12.6 Å². The summed E-state index contributed by atoms with van der Waals surface area (Å²) < 4.78 is 4.93. The molecular weight excluding hydrogens is 186 g/mol. The van der Waals surface area contributed by atoms with Crippen LogP contribution in [0.2, 0.25) is 0 Å². The summed E-state index contributed by atoms with van der Waals surface area (Å²) in [6, 6.07) is -0.581. The van der Waals surface area contributed by atoms with Crippen LogP contribution in [0.3, 0.4) is 0 Å². The van der Waals surface area contributed by atoms with Crippen LogP contribution in [0.15, 0.2) is 0 Å². The molecule has 0 aliphatic carbocycles. The van der Waals surface area contributed by atoms with E-state index < -0.39 is 6.04 Å². The highest BCUT2D eigenvalue weighted by atomic mass is 32.1. The first kappa shape index (κ1) is 12.8. The summed E-state index contributed by atoms with van der Waals surface area (Å²) >= 11 is 3.91. The summed E-state index contributed by atoms with van der Waals surface area (Å²) in [4.78, 5) is 11.0. The maximum absolute atomic E-state index is 11.0. The molecule has 0 aromatic rings. The Balaban J connectivity index is 3.37. The lowest BCUT2D eigenvalue weighted by Gasteiger charge is -2.09. The maximum atomic E-state index is 11.0. The highest BCUT2D eigenvalue weighted by molar-refractivity contribution is 7.80. The molecule has 2 N–H and O–H groups in total. The summed E-state index contributed by atoms with van der Waals surface area (Å²) in [5.74, 6) is 0.638.